The van der Waals surface area contributed by atoms with Gasteiger partial charge < -0.3 is 14.8 Å². The molecule has 4 rings (SSSR count). The summed E-state index contributed by atoms with van der Waals surface area (Å²) in [6, 6.07) is 21.4. The lowest BCUT2D eigenvalue weighted by Crippen LogP contribution is -2.23. The molecule has 1 heterocycles. The Morgan fingerprint density at radius 2 is 1.47 bits per heavy atom. The Balaban J connectivity index is 1.70. The molecule has 1 aromatic heterocycles. The molecule has 2 amide bonds. The Bertz CT molecular complexity index is 1280. The first-order valence-corrected chi connectivity index (χ1v) is 9.57. The number of anilines is 1. The highest BCUT2D eigenvalue weighted by molar-refractivity contribution is 5.99. The van der Waals surface area contributed by atoms with Crippen LogP contribution in [0.3, 0.4) is 0 Å². The molecular formula is C24H21N3O3. The molecule has 6 nitrogen and oxygen atoms in total. The number of hydrogen-bond acceptors (Lipinski definition) is 3. The van der Waals surface area contributed by atoms with Gasteiger partial charge in [0.2, 0.25) is 5.91 Å². The van der Waals surface area contributed by atoms with E-state index in [9.17, 15) is 14.4 Å². The number of nitrogens with one attached hydrogen (secondary N) is 1. The fraction of sp³-hybridized carbons (Fsp3) is 0.125. The first-order chi connectivity index (χ1) is 14.5. The van der Waals surface area contributed by atoms with E-state index in [2.05, 4.69) is 5.32 Å². The van der Waals surface area contributed by atoms with Gasteiger partial charge in [0.25, 0.3) is 5.91 Å². The Morgan fingerprint density at radius 3 is 2.07 bits per heavy atom. The molecule has 0 unspecified atom stereocenters. The second-order valence-corrected chi connectivity index (χ2v) is 7.28. The molecule has 0 saturated heterocycles. The van der Waals surface area contributed by atoms with Crippen LogP contribution in [0, 0.1) is 0 Å². The quantitative estimate of drug-likeness (QED) is 0.534. The van der Waals surface area contributed by atoms with Gasteiger partial charge in [0.05, 0.1) is 11.0 Å². The van der Waals surface area contributed by atoms with Crippen LogP contribution in [0.25, 0.3) is 21.8 Å². The van der Waals surface area contributed by atoms with E-state index >= 15 is 0 Å². The van der Waals surface area contributed by atoms with Crippen molar-refractivity contribution in [1.29, 1.82) is 0 Å². The van der Waals surface area contributed by atoms with E-state index in [1.54, 1.807) is 50.5 Å². The molecule has 150 valence electrons. The molecular weight excluding hydrogens is 378 g/mol. The molecule has 30 heavy (non-hydrogen) atoms. The highest BCUT2D eigenvalue weighted by Gasteiger charge is 2.14. The van der Waals surface area contributed by atoms with E-state index in [0.717, 1.165) is 0 Å². The number of benzene rings is 3. The SMILES string of the molecule is CN(C)C(=O)c1cccc(NC(=O)Cn2c3ccccc3c(=O)c3ccccc32)c1. The maximum absolute atomic E-state index is 12.9. The summed E-state index contributed by atoms with van der Waals surface area (Å²) in [5.74, 6) is -0.382. The standard InChI is InChI=1S/C24H21N3O3/c1-26(2)24(30)16-8-7-9-17(14-16)25-22(28)15-27-20-12-5-3-10-18(20)23(29)19-11-4-6-13-21(19)27/h3-14H,15H2,1-2H3,(H,25,28). The van der Waals surface area contributed by atoms with Crippen LogP contribution in [0.5, 0.6) is 0 Å². The minimum Gasteiger partial charge on any atom is -0.345 e. The van der Waals surface area contributed by atoms with E-state index < -0.39 is 0 Å². The van der Waals surface area contributed by atoms with Crippen molar-refractivity contribution in [1.82, 2.24) is 9.47 Å². The number of aromatic nitrogens is 1. The summed E-state index contributed by atoms with van der Waals surface area (Å²) in [5.41, 5.74) is 2.40. The number of amides is 2. The highest BCUT2D eigenvalue weighted by atomic mass is 16.2. The maximum atomic E-state index is 12.9. The Kier molecular flexibility index (Phi) is 5.06. The van der Waals surface area contributed by atoms with E-state index in [-0.39, 0.29) is 23.8 Å². The second-order valence-electron chi connectivity index (χ2n) is 7.28. The minimum absolute atomic E-state index is 0.0349. The number of hydrogen-bond donors (Lipinski definition) is 1. The molecule has 0 radical (unpaired) electrons. The summed E-state index contributed by atoms with van der Waals surface area (Å²) < 4.78 is 1.84. The van der Waals surface area contributed by atoms with E-state index in [1.807, 2.05) is 41.0 Å². The number of carbonyl (C=O) groups excluding carboxylic acids is 2. The molecule has 0 aliphatic heterocycles. The van der Waals surface area contributed by atoms with Crippen molar-refractivity contribution in [3.05, 3.63) is 88.6 Å². The number of pyridine rings is 1. The Hall–Kier alpha value is -3.93. The monoisotopic (exact) mass is 399 g/mol. The van der Waals surface area contributed by atoms with Crippen molar-refractivity contribution in [2.24, 2.45) is 0 Å². The fourth-order valence-electron chi connectivity index (χ4n) is 3.58. The van der Waals surface area contributed by atoms with Gasteiger partial charge in [-0.25, -0.2) is 0 Å². The molecule has 0 bridgehead atoms. The van der Waals surface area contributed by atoms with Crippen LogP contribution in [-0.4, -0.2) is 35.4 Å². The topological polar surface area (TPSA) is 71.4 Å². The van der Waals surface area contributed by atoms with Crippen molar-refractivity contribution in [2.45, 2.75) is 6.54 Å². The molecule has 0 fully saturated rings. The van der Waals surface area contributed by atoms with Crippen LogP contribution in [-0.2, 0) is 11.3 Å². The number of carbonyl (C=O) groups is 2. The average molecular weight is 399 g/mol. The van der Waals surface area contributed by atoms with Crippen molar-refractivity contribution >= 4 is 39.3 Å². The van der Waals surface area contributed by atoms with E-state index in [1.165, 1.54) is 4.90 Å². The van der Waals surface area contributed by atoms with Crippen LogP contribution < -0.4 is 10.7 Å². The zero-order chi connectivity index (χ0) is 21.3. The number of fused-ring (bicyclic) bond motifs is 2. The summed E-state index contributed by atoms with van der Waals surface area (Å²) >= 11 is 0. The number of para-hydroxylation sites is 2. The lowest BCUT2D eigenvalue weighted by Gasteiger charge is -2.15. The third kappa shape index (κ3) is 3.55. The third-order valence-corrected chi connectivity index (χ3v) is 4.98. The molecule has 4 aromatic rings. The van der Waals surface area contributed by atoms with Crippen LogP contribution >= 0.6 is 0 Å². The lowest BCUT2D eigenvalue weighted by molar-refractivity contribution is -0.116. The van der Waals surface area contributed by atoms with Gasteiger partial charge in [0, 0.05) is 36.1 Å². The Morgan fingerprint density at radius 1 is 0.867 bits per heavy atom. The minimum atomic E-state index is -0.247. The molecule has 6 heteroatoms. The second kappa shape index (κ2) is 7.83. The van der Waals surface area contributed by atoms with Gasteiger partial charge in [-0.3, -0.25) is 14.4 Å². The summed E-state index contributed by atoms with van der Waals surface area (Å²) in [6.45, 7) is 0.0349. The molecule has 0 spiro atoms. The molecule has 0 saturated carbocycles. The normalized spacial score (nSPS) is 10.9. The molecule has 3 aromatic carbocycles. The summed E-state index contributed by atoms with van der Waals surface area (Å²) in [4.78, 5) is 39.4. The van der Waals surface area contributed by atoms with Gasteiger partial charge in [0.15, 0.2) is 5.43 Å². The van der Waals surface area contributed by atoms with Crippen molar-refractivity contribution in [2.75, 3.05) is 19.4 Å². The van der Waals surface area contributed by atoms with Gasteiger partial charge in [-0.05, 0) is 42.5 Å². The smallest absolute Gasteiger partial charge is 0.253 e. The van der Waals surface area contributed by atoms with Crippen molar-refractivity contribution in [3.63, 3.8) is 0 Å². The van der Waals surface area contributed by atoms with Crippen LogP contribution in [0.1, 0.15) is 10.4 Å². The zero-order valence-electron chi connectivity index (χ0n) is 16.8. The number of nitrogens with zero attached hydrogens (tertiary/aromatic N) is 2. The maximum Gasteiger partial charge on any atom is 0.253 e. The van der Waals surface area contributed by atoms with Crippen molar-refractivity contribution in [3.8, 4) is 0 Å². The van der Waals surface area contributed by atoms with E-state index in [4.69, 9.17) is 0 Å². The molecule has 1 N–H and O–H groups in total. The average Bonchev–Trinajstić information content (AvgIpc) is 2.76. The largest absolute Gasteiger partial charge is 0.345 e. The lowest BCUT2D eigenvalue weighted by atomic mass is 10.1. The molecule has 0 aliphatic rings. The predicted molar refractivity (Wildman–Crippen MR) is 119 cm³/mol. The highest BCUT2D eigenvalue weighted by Crippen LogP contribution is 2.19. The van der Waals surface area contributed by atoms with Crippen LogP contribution in [0.4, 0.5) is 5.69 Å². The summed E-state index contributed by atoms with van der Waals surface area (Å²) in [6.07, 6.45) is 0. The first-order valence-electron chi connectivity index (χ1n) is 9.57. The molecule has 0 atom stereocenters. The summed E-state index contributed by atoms with van der Waals surface area (Å²) in [7, 11) is 3.36. The molecule has 0 aliphatic carbocycles. The predicted octanol–water partition coefficient (Wildman–Crippen LogP) is 3.50. The van der Waals surface area contributed by atoms with Gasteiger partial charge in [-0.15, -0.1) is 0 Å². The van der Waals surface area contributed by atoms with Gasteiger partial charge >= 0.3 is 0 Å². The van der Waals surface area contributed by atoms with Crippen LogP contribution in [0.2, 0.25) is 0 Å². The Labute approximate surface area is 173 Å². The third-order valence-electron chi connectivity index (χ3n) is 4.98. The van der Waals surface area contributed by atoms with Gasteiger partial charge in [-0.2, -0.15) is 0 Å². The number of rotatable bonds is 4. The van der Waals surface area contributed by atoms with Gasteiger partial charge in [-0.1, -0.05) is 30.3 Å². The zero-order valence-corrected chi connectivity index (χ0v) is 16.8. The van der Waals surface area contributed by atoms with Gasteiger partial charge in [0.1, 0.15) is 6.54 Å². The summed E-state index contributed by atoms with van der Waals surface area (Å²) in [5, 5.41) is 4.00. The fourth-order valence-corrected chi connectivity index (χ4v) is 3.58. The van der Waals surface area contributed by atoms with E-state index in [0.29, 0.717) is 33.1 Å². The van der Waals surface area contributed by atoms with Crippen LogP contribution in [0.15, 0.2) is 77.6 Å². The van der Waals surface area contributed by atoms with Crippen molar-refractivity contribution < 1.29 is 9.59 Å². The first kappa shape index (κ1) is 19.4.